The lowest BCUT2D eigenvalue weighted by Gasteiger charge is -2.05. The average Bonchev–Trinajstić information content (AvgIpc) is 2.10. The van der Waals surface area contributed by atoms with E-state index >= 15 is 0 Å². The largest absolute Gasteiger partial charge is 0.465 e. The Morgan fingerprint density at radius 2 is 2.23 bits per heavy atom. The van der Waals surface area contributed by atoms with Crippen molar-refractivity contribution in [2.24, 2.45) is 5.92 Å². The Morgan fingerprint density at radius 1 is 1.54 bits per heavy atom. The molecular weight excluding hydrogens is 164 g/mol. The zero-order valence-corrected chi connectivity index (χ0v) is 8.45. The monoisotopic (exact) mass is 182 g/mol. The first-order valence-corrected chi connectivity index (χ1v) is 4.62. The molecule has 0 aromatic heterocycles. The van der Waals surface area contributed by atoms with Gasteiger partial charge < -0.3 is 4.74 Å². The molecule has 0 rings (SSSR count). The van der Waals surface area contributed by atoms with Gasteiger partial charge in [0.05, 0.1) is 12.5 Å². The minimum Gasteiger partial charge on any atom is -0.465 e. The van der Waals surface area contributed by atoms with Crippen molar-refractivity contribution in [3.63, 3.8) is 0 Å². The number of allylic oxidation sites excluding steroid dienone is 3. The van der Waals surface area contributed by atoms with Crippen LogP contribution in [0.4, 0.5) is 0 Å². The number of esters is 1. The molecule has 74 valence electrons. The van der Waals surface area contributed by atoms with Crippen LogP contribution in [-0.2, 0) is 9.53 Å². The Hall–Kier alpha value is -1.05. The Labute approximate surface area is 80.3 Å². The summed E-state index contributed by atoms with van der Waals surface area (Å²) in [6.45, 7) is 7.74. The number of hydrogen-bond acceptors (Lipinski definition) is 2. The van der Waals surface area contributed by atoms with E-state index in [1.807, 2.05) is 26.0 Å². The first-order valence-electron chi connectivity index (χ1n) is 4.62. The van der Waals surface area contributed by atoms with E-state index in [0.717, 1.165) is 12.8 Å². The van der Waals surface area contributed by atoms with Crippen LogP contribution < -0.4 is 0 Å². The lowest BCUT2D eigenvalue weighted by atomic mass is 10.2. The second-order valence-electron chi connectivity index (χ2n) is 3.13. The molecule has 0 fully saturated rings. The second-order valence-corrected chi connectivity index (χ2v) is 3.13. The molecule has 0 aromatic carbocycles. The van der Waals surface area contributed by atoms with Gasteiger partial charge in [0.1, 0.15) is 0 Å². The van der Waals surface area contributed by atoms with Gasteiger partial charge in [-0.3, -0.25) is 4.79 Å². The minimum absolute atomic E-state index is 0.0243. The summed E-state index contributed by atoms with van der Waals surface area (Å²) < 4.78 is 4.98. The number of ether oxygens (including phenoxy) is 1. The van der Waals surface area contributed by atoms with Crippen molar-refractivity contribution in [3.8, 4) is 0 Å². The molecule has 0 aliphatic carbocycles. The van der Waals surface area contributed by atoms with Gasteiger partial charge >= 0.3 is 5.97 Å². The predicted octanol–water partition coefficient (Wildman–Crippen LogP) is 2.71. The quantitative estimate of drug-likeness (QED) is 0.358. The zero-order valence-electron chi connectivity index (χ0n) is 8.45. The summed E-state index contributed by atoms with van der Waals surface area (Å²) in [6, 6.07) is 0. The molecule has 0 heterocycles. The molecule has 0 aromatic rings. The zero-order chi connectivity index (χ0) is 10.1. The number of carbonyl (C=O) groups excluding carboxylic acids is 1. The van der Waals surface area contributed by atoms with Crippen molar-refractivity contribution in [2.75, 3.05) is 6.61 Å². The van der Waals surface area contributed by atoms with Crippen LogP contribution in [0.5, 0.6) is 0 Å². The Balaban J connectivity index is 3.30. The summed E-state index contributed by atoms with van der Waals surface area (Å²) in [4.78, 5) is 11.0. The summed E-state index contributed by atoms with van der Waals surface area (Å²) in [5.41, 5.74) is 0. The van der Waals surface area contributed by atoms with Crippen LogP contribution in [0, 0.1) is 5.92 Å². The third-order valence-electron chi connectivity index (χ3n) is 1.50. The Bertz CT molecular complexity index is 181. The molecule has 13 heavy (non-hydrogen) atoms. The maximum Gasteiger partial charge on any atom is 0.308 e. The maximum absolute atomic E-state index is 11.0. The van der Waals surface area contributed by atoms with E-state index in [-0.39, 0.29) is 11.9 Å². The van der Waals surface area contributed by atoms with Crippen molar-refractivity contribution >= 4 is 5.97 Å². The molecular formula is C11H18O2. The molecule has 0 saturated carbocycles. The molecule has 0 radical (unpaired) electrons. The summed E-state index contributed by atoms with van der Waals surface area (Å²) in [7, 11) is 0. The normalized spacial score (nSPS) is 10.7. The van der Waals surface area contributed by atoms with Gasteiger partial charge in [-0.25, -0.2) is 0 Å². The van der Waals surface area contributed by atoms with Crippen molar-refractivity contribution in [2.45, 2.75) is 26.7 Å². The van der Waals surface area contributed by atoms with Crippen LogP contribution in [-0.4, -0.2) is 12.6 Å². The molecule has 2 heteroatoms. The SMILES string of the molecule is C=C/C=C\CCCOC(=O)C(C)C. The van der Waals surface area contributed by atoms with Crippen molar-refractivity contribution in [1.29, 1.82) is 0 Å². The average molecular weight is 182 g/mol. The molecule has 0 saturated heterocycles. The molecule has 0 aliphatic rings. The summed E-state index contributed by atoms with van der Waals surface area (Å²) in [5.74, 6) is -0.142. The van der Waals surface area contributed by atoms with Crippen LogP contribution in [0.2, 0.25) is 0 Å². The number of carbonyl (C=O) groups is 1. The summed E-state index contributed by atoms with van der Waals surface area (Å²) in [6.07, 6.45) is 7.45. The van der Waals surface area contributed by atoms with Crippen LogP contribution in [0.1, 0.15) is 26.7 Å². The fraction of sp³-hybridized carbons (Fsp3) is 0.545. The van der Waals surface area contributed by atoms with Gasteiger partial charge in [-0.05, 0) is 12.8 Å². The van der Waals surface area contributed by atoms with Crippen molar-refractivity contribution in [1.82, 2.24) is 0 Å². The standard InChI is InChI=1S/C11H18O2/c1-4-5-6-7-8-9-13-11(12)10(2)3/h4-6,10H,1,7-9H2,2-3H3/b6-5-. The molecule has 0 aliphatic heterocycles. The third-order valence-corrected chi connectivity index (χ3v) is 1.50. The number of hydrogen-bond donors (Lipinski definition) is 0. The second kappa shape index (κ2) is 7.59. The van der Waals surface area contributed by atoms with Crippen molar-refractivity contribution in [3.05, 3.63) is 24.8 Å². The van der Waals surface area contributed by atoms with Gasteiger partial charge in [0.15, 0.2) is 0 Å². The third kappa shape index (κ3) is 7.32. The van der Waals surface area contributed by atoms with Crippen LogP contribution in [0.15, 0.2) is 24.8 Å². The first kappa shape index (κ1) is 11.9. The van der Waals surface area contributed by atoms with E-state index in [0.29, 0.717) is 6.61 Å². The van der Waals surface area contributed by atoms with Crippen LogP contribution in [0.25, 0.3) is 0 Å². The molecule has 0 N–H and O–H groups in total. The van der Waals surface area contributed by atoms with E-state index in [4.69, 9.17) is 4.74 Å². The topological polar surface area (TPSA) is 26.3 Å². The highest BCUT2D eigenvalue weighted by Crippen LogP contribution is 1.98. The van der Waals surface area contributed by atoms with Gasteiger partial charge in [-0.2, -0.15) is 0 Å². The highest BCUT2D eigenvalue weighted by atomic mass is 16.5. The molecule has 0 atom stereocenters. The minimum atomic E-state index is -0.118. The lowest BCUT2D eigenvalue weighted by Crippen LogP contribution is -2.12. The highest BCUT2D eigenvalue weighted by molar-refractivity contribution is 5.71. The predicted molar refractivity (Wildman–Crippen MR) is 54.4 cm³/mol. The molecule has 2 nitrogen and oxygen atoms in total. The van der Waals surface area contributed by atoms with E-state index in [2.05, 4.69) is 6.58 Å². The molecule has 0 spiro atoms. The Morgan fingerprint density at radius 3 is 2.77 bits per heavy atom. The van der Waals surface area contributed by atoms with Gasteiger partial charge in [0.25, 0.3) is 0 Å². The van der Waals surface area contributed by atoms with Gasteiger partial charge in [0, 0.05) is 0 Å². The smallest absolute Gasteiger partial charge is 0.308 e. The maximum atomic E-state index is 11.0. The summed E-state index contributed by atoms with van der Waals surface area (Å²) in [5, 5.41) is 0. The van der Waals surface area contributed by atoms with Crippen LogP contribution in [0.3, 0.4) is 0 Å². The fourth-order valence-corrected chi connectivity index (χ4v) is 0.733. The van der Waals surface area contributed by atoms with E-state index < -0.39 is 0 Å². The molecule has 0 unspecified atom stereocenters. The number of rotatable bonds is 6. The highest BCUT2D eigenvalue weighted by Gasteiger charge is 2.06. The first-order chi connectivity index (χ1) is 6.18. The van der Waals surface area contributed by atoms with E-state index in [9.17, 15) is 4.79 Å². The van der Waals surface area contributed by atoms with Crippen LogP contribution >= 0.6 is 0 Å². The lowest BCUT2D eigenvalue weighted by molar-refractivity contribution is -0.147. The molecule has 0 amide bonds. The molecule has 0 bridgehead atoms. The van der Waals surface area contributed by atoms with Gasteiger partial charge in [-0.15, -0.1) is 0 Å². The van der Waals surface area contributed by atoms with E-state index in [1.54, 1.807) is 6.08 Å². The van der Waals surface area contributed by atoms with Crippen molar-refractivity contribution < 1.29 is 9.53 Å². The van der Waals surface area contributed by atoms with Gasteiger partial charge in [0.2, 0.25) is 0 Å². The fourth-order valence-electron chi connectivity index (χ4n) is 0.733. The summed E-state index contributed by atoms with van der Waals surface area (Å²) >= 11 is 0. The van der Waals surface area contributed by atoms with Gasteiger partial charge in [-0.1, -0.05) is 38.7 Å². The number of unbranched alkanes of at least 4 members (excludes halogenated alkanes) is 1. The van der Waals surface area contributed by atoms with E-state index in [1.165, 1.54) is 0 Å². The Kier molecular flexibility index (Phi) is 6.98.